The number of aromatic nitrogens is 3. The average molecular weight is 568 g/mol. The van der Waals surface area contributed by atoms with Crippen molar-refractivity contribution < 1.29 is 22.7 Å². The predicted octanol–water partition coefficient (Wildman–Crippen LogP) is 5.97. The van der Waals surface area contributed by atoms with Crippen LogP contribution in [0.1, 0.15) is 90.3 Å². The summed E-state index contributed by atoms with van der Waals surface area (Å²) >= 11 is 0. The number of carbonyl (C=O) groups excluding carboxylic acids is 1. The van der Waals surface area contributed by atoms with E-state index >= 15 is 0 Å². The van der Waals surface area contributed by atoms with Crippen molar-refractivity contribution in [3.8, 4) is 0 Å². The molecule has 10 heteroatoms. The first-order chi connectivity index (χ1) is 19.6. The molecule has 0 bridgehead atoms. The zero-order chi connectivity index (χ0) is 28.9. The highest BCUT2D eigenvalue weighted by atomic mass is 19.4. The molecule has 1 aliphatic heterocycles. The Morgan fingerprint density at radius 2 is 1.98 bits per heavy atom. The molecule has 3 aliphatic rings. The third kappa shape index (κ3) is 5.28. The molecule has 1 N–H and O–H groups in total. The van der Waals surface area contributed by atoms with Gasteiger partial charge in [-0.05, 0) is 92.8 Å². The van der Waals surface area contributed by atoms with E-state index in [1.54, 1.807) is 18.5 Å². The average Bonchev–Trinajstić information content (AvgIpc) is 3.47. The van der Waals surface area contributed by atoms with Gasteiger partial charge in [-0.15, -0.1) is 10.2 Å². The second-order valence-corrected chi connectivity index (χ2v) is 12.0. The summed E-state index contributed by atoms with van der Waals surface area (Å²) in [6.07, 6.45) is 2.18. The van der Waals surface area contributed by atoms with E-state index in [1.165, 1.54) is 11.0 Å². The third-order valence-corrected chi connectivity index (χ3v) is 9.15. The number of anilines is 1. The molecule has 0 spiro atoms. The molecule has 218 valence electrons. The van der Waals surface area contributed by atoms with Crippen molar-refractivity contribution in [2.24, 2.45) is 13.0 Å². The quantitative estimate of drug-likeness (QED) is 0.345. The first-order valence-corrected chi connectivity index (χ1v) is 14.4. The number of amides is 1. The monoisotopic (exact) mass is 567 g/mol. The van der Waals surface area contributed by atoms with Crippen LogP contribution in [0.25, 0.3) is 0 Å². The van der Waals surface area contributed by atoms with E-state index in [0.717, 1.165) is 43.5 Å². The van der Waals surface area contributed by atoms with Crippen LogP contribution in [0.5, 0.6) is 0 Å². The fraction of sp³-hybridized carbons (Fsp3) is 0.516. The van der Waals surface area contributed by atoms with Crippen LogP contribution >= 0.6 is 0 Å². The van der Waals surface area contributed by atoms with Gasteiger partial charge in [0.25, 0.3) is 5.91 Å². The van der Waals surface area contributed by atoms with Crippen molar-refractivity contribution in [1.29, 1.82) is 0 Å². The fourth-order valence-corrected chi connectivity index (χ4v) is 6.57. The van der Waals surface area contributed by atoms with Gasteiger partial charge in [0.1, 0.15) is 12.2 Å². The molecule has 1 aromatic heterocycles. The molecule has 0 saturated heterocycles. The number of fused-ring (bicyclic) bond motifs is 1. The van der Waals surface area contributed by atoms with Crippen LogP contribution in [0.3, 0.4) is 0 Å². The normalized spacial score (nSPS) is 22.3. The maximum Gasteiger partial charge on any atom is 0.416 e. The number of carbonyl (C=O) groups is 1. The van der Waals surface area contributed by atoms with E-state index in [-0.39, 0.29) is 41.2 Å². The molecule has 2 aliphatic carbocycles. The van der Waals surface area contributed by atoms with Crippen LogP contribution in [0.2, 0.25) is 0 Å². The van der Waals surface area contributed by atoms with Gasteiger partial charge in [-0.25, -0.2) is 0 Å². The lowest BCUT2D eigenvalue weighted by Crippen LogP contribution is -2.47. The largest absolute Gasteiger partial charge is 0.416 e. The Bertz CT molecular complexity index is 1440. The van der Waals surface area contributed by atoms with E-state index in [2.05, 4.69) is 22.4 Å². The van der Waals surface area contributed by atoms with Crippen LogP contribution in [0, 0.1) is 5.92 Å². The second-order valence-electron chi connectivity index (χ2n) is 12.0. The van der Waals surface area contributed by atoms with Gasteiger partial charge in [0.2, 0.25) is 0 Å². The molecule has 2 heterocycles. The van der Waals surface area contributed by atoms with Gasteiger partial charge in [-0.1, -0.05) is 12.1 Å². The summed E-state index contributed by atoms with van der Waals surface area (Å²) in [6.45, 7) is 4.90. The fourth-order valence-electron chi connectivity index (χ4n) is 6.57. The summed E-state index contributed by atoms with van der Waals surface area (Å²) in [5.41, 5.74) is 1.38. The molecule has 3 aromatic rings. The molecular weight excluding hydrogens is 531 g/mol. The Morgan fingerprint density at radius 1 is 1.20 bits per heavy atom. The number of halogens is 3. The van der Waals surface area contributed by atoms with Crippen molar-refractivity contribution >= 4 is 11.6 Å². The first-order valence-electron chi connectivity index (χ1n) is 14.4. The first kappa shape index (κ1) is 27.9. The number of hydrogen-bond acceptors (Lipinski definition) is 5. The number of hydrogen-bond donors (Lipinski definition) is 1. The van der Waals surface area contributed by atoms with E-state index in [9.17, 15) is 18.0 Å². The number of alkyl halides is 3. The number of nitrogens with zero attached hydrogens (tertiary/aromatic N) is 4. The molecule has 1 unspecified atom stereocenters. The van der Waals surface area contributed by atoms with Gasteiger partial charge in [0.05, 0.1) is 18.2 Å². The Morgan fingerprint density at radius 3 is 2.61 bits per heavy atom. The summed E-state index contributed by atoms with van der Waals surface area (Å²) in [6, 6.07) is 10.4. The van der Waals surface area contributed by atoms with Crippen molar-refractivity contribution in [2.45, 2.75) is 82.8 Å². The molecule has 41 heavy (non-hydrogen) atoms. The number of aryl methyl sites for hydroxylation is 1. The molecule has 6 rings (SSSR count). The smallest absolute Gasteiger partial charge is 0.378 e. The van der Waals surface area contributed by atoms with Crippen LogP contribution in [0.15, 0.2) is 42.7 Å². The molecular formula is C31H36F3N5O2. The van der Waals surface area contributed by atoms with Crippen LogP contribution in [0.4, 0.5) is 18.9 Å². The summed E-state index contributed by atoms with van der Waals surface area (Å²) in [7, 11) is 1.90. The lowest BCUT2D eigenvalue weighted by molar-refractivity contribution is -0.138. The minimum Gasteiger partial charge on any atom is -0.378 e. The number of rotatable bonds is 9. The SMILES string of the molecule is CCO[C@H]1C[C@@H](C(c2cccc(N3Cc4c(cc(CNC5(C)CCC5)cc4C(F)(F)F)C3=O)c2)c2nncn2C)C1. The highest BCUT2D eigenvalue weighted by Gasteiger charge is 2.42. The van der Waals surface area contributed by atoms with Gasteiger partial charge >= 0.3 is 6.18 Å². The van der Waals surface area contributed by atoms with Gasteiger partial charge in [-0.2, -0.15) is 13.2 Å². The summed E-state index contributed by atoms with van der Waals surface area (Å²) < 4.78 is 50.4. The summed E-state index contributed by atoms with van der Waals surface area (Å²) in [5.74, 6) is 0.612. The van der Waals surface area contributed by atoms with Crippen LogP contribution < -0.4 is 10.2 Å². The zero-order valence-electron chi connectivity index (χ0n) is 23.7. The van der Waals surface area contributed by atoms with Crippen molar-refractivity contribution in [3.63, 3.8) is 0 Å². The topological polar surface area (TPSA) is 72.3 Å². The summed E-state index contributed by atoms with van der Waals surface area (Å²) in [4.78, 5) is 15.1. The molecule has 7 nitrogen and oxygen atoms in total. The highest BCUT2D eigenvalue weighted by Crippen LogP contribution is 2.45. The molecule has 2 aromatic carbocycles. The van der Waals surface area contributed by atoms with Crippen LogP contribution in [-0.4, -0.2) is 38.9 Å². The predicted molar refractivity (Wildman–Crippen MR) is 148 cm³/mol. The van der Waals surface area contributed by atoms with Gasteiger partial charge < -0.3 is 19.5 Å². The number of benzene rings is 2. The number of ether oxygens (including phenoxy) is 1. The second kappa shape index (κ2) is 10.5. The van der Waals surface area contributed by atoms with Crippen molar-refractivity contribution in [3.05, 3.63) is 76.4 Å². The molecule has 0 radical (unpaired) electrons. The Balaban J connectivity index is 1.30. The van der Waals surface area contributed by atoms with Gasteiger partial charge in [0, 0.05) is 42.9 Å². The standard InChI is InChI=1S/C31H36F3N5O2/c1-4-41-23-14-21(15-23)27(28-37-36-18-38(28)3)20-7-5-8-22(13-20)39-17-25-24(29(39)40)11-19(12-26(25)31(32,33)34)16-35-30(2)9-6-10-30/h5,7-8,11-13,18,21,23,27,35H,4,6,9-10,14-17H2,1-3H3/t21-,23+,27?. The maximum absolute atomic E-state index is 14.2. The van der Waals surface area contributed by atoms with Crippen molar-refractivity contribution in [2.75, 3.05) is 11.5 Å². The van der Waals surface area contributed by atoms with E-state index in [0.29, 0.717) is 24.4 Å². The Kier molecular flexibility index (Phi) is 7.18. The zero-order valence-corrected chi connectivity index (χ0v) is 23.7. The van der Waals surface area contributed by atoms with Gasteiger partial charge in [0.15, 0.2) is 0 Å². The molecule has 1 atom stereocenters. The minimum absolute atomic E-state index is 0.0370. The van der Waals surface area contributed by atoms with E-state index in [4.69, 9.17) is 4.74 Å². The minimum atomic E-state index is -4.56. The van der Waals surface area contributed by atoms with E-state index < -0.39 is 17.6 Å². The van der Waals surface area contributed by atoms with Crippen LogP contribution in [-0.2, 0) is 31.1 Å². The lowest BCUT2D eigenvalue weighted by Gasteiger charge is -2.40. The molecule has 1 amide bonds. The maximum atomic E-state index is 14.2. The van der Waals surface area contributed by atoms with Gasteiger partial charge in [-0.3, -0.25) is 4.79 Å². The van der Waals surface area contributed by atoms with Crippen molar-refractivity contribution in [1.82, 2.24) is 20.1 Å². The highest BCUT2D eigenvalue weighted by molar-refractivity contribution is 6.10. The molecule has 2 saturated carbocycles. The van der Waals surface area contributed by atoms with E-state index in [1.807, 2.05) is 36.7 Å². The number of nitrogens with one attached hydrogen (secondary N) is 1. The Labute approximate surface area is 238 Å². The third-order valence-electron chi connectivity index (χ3n) is 9.15. The molecule has 2 fully saturated rings. The summed E-state index contributed by atoms with van der Waals surface area (Å²) in [5, 5.41) is 11.9. The Hall–Kier alpha value is -3.24. The lowest BCUT2D eigenvalue weighted by atomic mass is 9.70.